The van der Waals surface area contributed by atoms with Crippen LogP contribution < -0.4 is 10.0 Å². The average molecular weight is 545 g/mol. The van der Waals surface area contributed by atoms with Crippen molar-refractivity contribution in [1.29, 1.82) is 0 Å². The van der Waals surface area contributed by atoms with Gasteiger partial charge in [-0.2, -0.15) is 4.72 Å². The van der Waals surface area contributed by atoms with E-state index in [1.807, 2.05) is 30.3 Å². The van der Waals surface area contributed by atoms with Crippen LogP contribution in [-0.2, 0) is 37.2 Å². The van der Waals surface area contributed by atoms with Crippen molar-refractivity contribution in [3.05, 3.63) is 94.5 Å². The van der Waals surface area contributed by atoms with Crippen molar-refractivity contribution < 1.29 is 22.7 Å². The lowest BCUT2D eigenvalue weighted by atomic mass is 10.1. The van der Waals surface area contributed by atoms with Gasteiger partial charge in [0.05, 0.1) is 17.9 Å². The first kappa shape index (κ1) is 25.6. The number of esters is 1. The van der Waals surface area contributed by atoms with Crippen molar-refractivity contribution in [1.82, 2.24) is 4.72 Å². The lowest BCUT2D eigenvalue weighted by molar-refractivity contribution is -0.142. The molecule has 3 aromatic carbocycles. The minimum Gasteiger partial charge on any atom is -0.466 e. The molecule has 3 aromatic rings. The number of sulfonamides is 1. The fourth-order valence-electron chi connectivity index (χ4n) is 3.22. The lowest BCUT2D eigenvalue weighted by Gasteiger charge is -2.19. The Bertz CT molecular complexity index is 1210. The maximum absolute atomic E-state index is 13.1. The third-order valence-electron chi connectivity index (χ3n) is 4.90. The fourth-order valence-corrected chi connectivity index (χ4v) is 4.68. The van der Waals surface area contributed by atoms with Crippen LogP contribution in [0.5, 0.6) is 0 Å². The van der Waals surface area contributed by atoms with Crippen LogP contribution in [0.2, 0.25) is 0 Å². The monoisotopic (exact) mass is 544 g/mol. The molecule has 0 unspecified atom stereocenters. The summed E-state index contributed by atoms with van der Waals surface area (Å²) in [5, 5.41) is 2.76. The predicted molar refractivity (Wildman–Crippen MR) is 134 cm³/mol. The van der Waals surface area contributed by atoms with E-state index in [2.05, 4.69) is 26.0 Å². The van der Waals surface area contributed by atoms with E-state index < -0.39 is 22.0 Å². The number of nitrogens with one attached hydrogen (secondary N) is 2. The summed E-state index contributed by atoms with van der Waals surface area (Å²) < 4.78 is 34.1. The summed E-state index contributed by atoms with van der Waals surface area (Å²) in [6.45, 7) is 2.05. The van der Waals surface area contributed by atoms with E-state index in [4.69, 9.17) is 4.74 Å². The van der Waals surface area contributed by atoms with Gasteiger partial charge in [-0.15, -0.1) is 0 Å². The molecule has 0 saturated carbocycles. The van der Waals surface area contributed by atoms with Gasteiger partial charge in [0, 0.05) is 10.2 Å². The number of benzene rings is 3. The number of anilines is 1. The van der Waals surface area contributed by atoms with Gasteiger partial charge in [0.25, 0.3) is 0 Å². The minimum absolute atomic E-state index is 0.0601. The van der Waals surface area contributed by atoms with Crippen LogP contribution in [0, 0.1) is 0 Å². The average Bonchev–Trinajstić information content (AvgIpc) is 2.81. The predicted octanol–water partition coefficient (Wildman–Crippen LogP) is 4.08. The zero-order valence-corrected chi connectivity index (χ0v) is 20.9. The summed E-state index contributed by atoms with van der Waals surface area (Å²) in [5.74, 6) is -0.827. The van der Waals surface area contributed by atoms with E-state index in [0.717, 1.165) is 15.6 Å². The van der Waals surface area contributed by atoms with Crippen molar-refractivity contribution in [2.75, 3.05) is 11.9 Å². The van der Waals surface area contributed by atoms with Gasteiger partial charge in [-0.25, -0.2) is 8.42 Å². The molecule has 0 aliphatic rings. The van der Waals surface area contributed by atoms with Gasteiger partial charge in [0.15, 0.2) is 0 Å². The molecule has 1 atom stereocenters. The highest BCUT2D eigenvalue weighted by molar-refractivity contribution is 9.10. The number of halogens is 1. The largest absolute Gasteiger partial charge is 0.466 e. The quantitative estimate of drug-likeness (QED) is 0.374. The number of hydrogen-bond donors (Lipinski definition) is 2. The molecule has 0 fully saturated rings. The highest BCUT2D eigenvalue weighted by Gasteiger charge is 2.26. The Morgan fingerprint density at radius 3 is 2.18 bits per heavy atom. The van der Waals surface area contributed by atoms with Crippen molar-refractivity contribution in [3.63, 3.8) is 0 Å². The van der Waals surface area contributed by atoms with Crippen molar-refractivity contribution in [2.45, 2.75) is 30.7 Å². The molecule has 178 valence electrons. The maximum atomic E-state index is 13.1. The second-order valence-corrected chi connectivity index (χ2v) is 10.1. The second-order valence-electron chi connectivity index (χ2n) is 7.49. The number of carbonyl (C=O) groups is 2. The summed E-state index contributed by atoms with van der Waals surface area (Å²) in [7, 11) is -3.94. The second kappa shape index (κ2) is 11.9. The van der Waals surface area contributed by atoms with Crippen LogP contribution in [0.25, 0.3) is 0 Å². The molecule has 0 aliphatic carbocycles. The van der Waals surface area contributed by atoms with Gasteiger partial charge < -0.3 is 10.1 Å². The summed E-state index contributed by atoms with van der Waals surface area (Å²) >= 11 is 3.29. The molecule has 0 heterocycles. The Balaban J connectivity index is 1.76. The molecule has 0 bridgehead atoms. The van der Waals surface area contributed by atoms with E-state index in [-0.39, 0.29) is 23.7 Å². The first-order chi connectivity index (χ1) is 16.3. The van der Waals surface area contributed by atoms with E-state index in [0.29, 0.717) is 12.3 Å². The van der Waals surface area contributed by atoms with Crippen LogP contribution in [0.1, 0.15) is 18.1 Å². The van der Waals surface area contributed by atoms with Gasteiger partial charge in [0.1, 0.15) is 6.04 Å². The standard InChI is InChI=1S/C25H25BrN2O5S/c1-2-33-24(29)17-19-8-12-21(13-9-19)27-25(30)23(16-18-6-4-3-5-7-18)28-34(31,32)22-14-10-20(26)11-15-22/h3-15,23,28H,2,16-17H2,1H3,(H,27,30)/t23-/m0/s1. The number of amides is 1. The number of hydrogen-bond acceptors (Lipinski definition) is 5. The van der Waals surface area contributed by atoms with Crippen molar-refractivity contribution in [2.24, 2.45) is 0 Å². The van der Waals surface area contributed by atoms with Crippen molar-refractivity contribution >= 4 is 43.5 Å². The zero-order valence-electron chi connectivity index (χ0n) is 18.5. The van der Waals surface area contributed by atoms with E-state index in [9.17, 15) is 18.0 Å². The maximum Gasteiger partial charge on any atom is 0.310 e. The Morgan fingerprint density at radius 1 is 0.912 bits per heavy atom. The normalized spacial score (nSPS) is 12.1. The summed E-state index contributed by atoms with van der Waals surface area (Å²) in [6.07, 6.45) is 0.301. The van der Waals surface area contributed by atoms with Gasteiger partial charge >= 0.3 is 5.97 Å². The first-order valence-corrected chi connectivity index (χ1v) is 12.9. The van der Waals surface area contributed by atoms with E-state index >= 15 is 0 Å². The first-order valence-electron chi connectivity index (χ1n) is 10.6. The SMILES string of the molecule is CCOC(=O)Cc1ccc(NC(=O)[C@H](Cc2ccccc2)NS(=O)(=O)c2ccc(Br)cc2)cc1. The van der Waals surface area contributed by atoms with E-state index in [1.54, 1.807) is 43.3 Å². The molecule has 3 rings (SSSR count). The van der Waals surface area contributed by atoms with Crippen LogP contribution in [0.4, 0.5) is 5.69 Å². The molecule has 34 heavy (non-hydrogen) atoms. The van der Waals surface area contributed by atoms with Gasteiger partial charge in [-0.05, 0) is 60.9 Å². The highest BCUT2D eigenvalue weighted by atomic mass is 79.9. The van der Waals surface area contributed by atoms with Gasteiger partial charge in [0.2, 0.25) is 15.9 Å². The van der Waals surface area contributed by atoms with Crippen LogP contribution in [0.3, 0.4) is 0 Å². The van der Waals surface area contributed by atoms with Crippen LogP contribution >= 0.6 is 15.9 Å². The van der Waals surface area contributed by atoms with Gasteiger partial charge in [-0.1, -0.05) is 58.4 Å². The molecule has 1 amide bonds. The van der Waals surface area contributed by atoms with Gasteiger partial charge in [-0.3, -0.25) is 9.59 Å². The molecular formula is C25H25BrN2O5S. The lowest BCUT2D eigenvalue weighted by Crippen LogP contribution is -2.45. The highest BCUT2D eigenvalue weighted by Crippen LogP contribution is 2.17. The number of ether oxygens (including phenoxy) is 1. The molecule has 0 aromatic heterocycles. The molecule has 0 radical (unpaired) electrons. The summed E-state index contributed by atoms with van der Waals surface area (Å²) in [5.41, 5.74) is 2.04. The fraction of sp³-hybridized carbons (Fsp3) is 0.200. The smallest absolute Gasteiger partial charge is 0.310 e. The molecule has 2 N–H and O–H groups in total. The summed E-state index contributed by atoms with van der Waals surface area (Å²) in [4.78, 5) is 24.8. The third-order valence-corrected chi connectivity index (χ3v) is 6.91. The minimum atomic E-state index is -3.94. The van der Waals surface area contributed by atoms with Crippen LogP contribution in [0.15, 0.2) is 88.2 Å². The number of carbonyl (C=O) groups excluding carboxylic acids is 2. The van der Waals surface area contributed by atoms with Crippen LogP contribution in [-0.4, -0.2) is 32.9 Å². The molecule has 0 saturated heterocycles. The third kappa shape index (κ3) is 7.51. The summed E-state index contributed by atoms with van der Waals surface area (Å²) in [6, 6.07) is 21.1. The Kier molecular flexibility index (Phi) is 8.98. The topological polar surface area (TPSA) is 102 Å². The van der Waals surface area contributed by atoms with E-state index in [1.165, 1.54) is 12.1 Å². The molecule has 9 heteroatoms. The Labute approximate surface area is 207 Å². The van der Waals surface area contributed by atoms with Crippen molar-refractivity contribution in [3.8, 4) is 0 Å². The zero-order chi connectivity index (χ0) is 24.6. The molecule has 0 spiro atoms. The Hall–Kier alpha value is -3.01. The molecule has 7 nitrogen and oxygen atoms in total. The molecular weight excluding hydrogens is 520 g/mol. The Morgan fingerprint density at radius 2 is 1.56 bits per heavy atom. The molecule has 0 aliphatic heterocycles. The number of rotatable bonds is 10.